The van der Waals surface area contributed by atoms with Gasteiger partial charge in [-0.05, 0) is 24.6 Å². The Labute approximate surface area is 154 Å². The van der Waals surface area contributed by atoms with Gasteiger partial charge >= 0.3 is 6.03 Å². The highest BCUT2D eigenvalue weighted by molar-refractivity contribution is 5.74. The monoisotopic (exact) mass is 357 g/mol. The summed E-state index contributed by atoms with van der Waals surface area (Å²) in [7, 11) is 0. The third-order valence-electron chi connectivity index (χ3n) is 3.80. The molecule has 26 heavy (non-hydrogen) atoms. The molecule has 0 heterocycles. The van der Waals surface area contributed by atoms with Crippen molar-refractivity contribution in [3.05, 3.63) is 66.2 Å². The third kappa shape index (κ3) is 7.55. The first kappa shape index (κ1) is 19.8. The van der Waals surface area contributed by atoms with Gasteiger partial charge in [-0.2, -0.15) is 0 Å². The van der Waals surface area contributed by atoms with Crippen molar-refractivity contribution in [2.75, 3.05) is 26.2 Å². The largest absolute Gasteiger partial charge is 0.491 e. The van der Waals surface area contributed by atoms with E-state index in [1.54, 1.807) is 0 Å². The molecule has 2 aromatic carbocycles. The molecule has 0 fully saturated rings. The topological polar surface area (TPSA) is 82.6 Å². The van der Waals surface area contributed by atoms with Crippen molar-refractivity contribution < 1.29 is 14.6 Å². The van der Waals surface area contributed by atoms with Gasteiger partial charge in [-0.15, -0.1) is 0 Å². The number of urea groups is 1. The number of aliphatic hydroxyl groups is 1. The molecule has 0 radical (unpaired) electrons. The predicted molar refractivity (Wildman–Crippen MR) is 102 cm³/mol. The summed E-state index contributed by atoms with van der Waals surface area (Å²) >= 11 is 0. The van der Waals surface area contributed by atoms with Crippen LogP contribution in [-0.4, -0.2) is 43.5 Å². The molecule has 2 unspecified atom stereocenters. The van der Waals surface area contributed by atoms with Crippen LogP contribution >= 0.6 is 0 Å². The minimum Gasteiger partial charge on any atom is -0.491 e. The average Bonchev–Trinajstić information content (AvgIpc) is 2.67. The number of ether oxygens (including phenoxy) is 1. The van der Waals surface area contributed by atoms with Crippen molar-refractivity contribution in [3.8, 4) is 5.75 Å². The van der Waals surface area contributed by atoms with E-state index in [1.165, 1.54) is 0 Å². The number of rotatable bonds is 10. The number of carbonyl (C=O) groups is 1. The Bertz CT molecular complexity index is 637. The quantitative estimate of drug-likeness (QED) is 0.491. The molecule has 2 rings (SSSR count). The standard InChI is InChI=1S/C20H27N3O3/c1-16(17-8-4-2-5-9-17)23-20(25)22-13-12-21-14-18(24)15-26-19-10-6-3-7-11-19/h2-11,16,18,21,24H,12-15H2,1H3,(H2,22,23,25). The summed E-state index contributed by atoms with van der Waals surface area (Å²) in [4.78, 5) is 11.9. The number of aliphatic hydroxyl groups excluding tert-OH is 1. The average molecular weight is 357 g/mol. The van der Waals surface area contributed by atoms with Gasteiger partial charge in [0.2, 0.25) is 0 Å². The highest BCUT2D eigenvalue weighted by atomic mass is 16.5. The van der Waals surface area contributed by atoms with E-state index in [9.17, 15) is 9.90 Å². The van der Waals surface area contributed by atoms with E-state index in [4.69, 9.17) is 4.74 Å². The maximum absolute atomic E-state index is 11.9. The Morgan fingerprint density at radius 3 is 2.38 bits per heavy atom. The van der Waals surface area contributed by atoms with Crippen LogP contribution < -0.4 is 20.7 Å². The van der Waals surface area contributed by atoms with Gasteiger partial charge in [0.15, 0.2) is 0 Å². The molecule has 4 N–H and O–H groups in total. The maximum atomic E-state index is 11.9. The minimum atomic E-state index is -0.609. The van der Waals surface area contributed by atoms with Crippen LogP contribution in [0, 0.1) is 0 Å². The molecule has 2 atom stereocenters. The summed E-state index contributed by atoms with van der Waals surface area (Å²) in [5.74, 6) is 0.734. The van der Waals surface area contributed by atoms with Gasteiger partial charge in [-0.25, -0.2) is 4.79 Å². The van der Waals surface area contributed by atoms with Gasteiger partial charge in [-0.3, -0.25) is 0 Å². The first-order valence-corrected chi connectivity index (χ1v) is 8.81. The van der Waals surface area contributed by atoms with Crippen molar-refractivity contribution >= 4 is 6.03 Å². The number of hydrogen-bond donors (Lipinski definition) is 4. The molecular weight excluding hydrogens is 330 g/mol. The molecule has 2 aromatic rings. The molecule has 140 valence electrons. The van der Waals surface area contributed by atoms with Crippen molar-refractivity contribution in [2.24, 2.45) is 0 Å². The fourth-order valence-corrected chi connectivity index (χ4v) is 2.37. The fraction of sp³-hybridized carbons (Fsp3) is 0.350. The van der Waals surface area contributed by atoms with Crippen LogP contribution in [0.1, 0.15) is 18.5 Å². The summed E-state index contributed by atoms with van der Waals surface area (Å²) in [5, 5.41) is 18.6. The van der Waals surface area contributed by atoms with Crippen molar-refractivity contribution in [2.45, 2.75) is 19.1 Å². The number of carbonyl (C=O) groups excluding carboxylic acids is 1. The van der Waals surface area contributed by atoms with Crippen molar-refractivity contribution in [1.82, 2.24) is 16.0 Å². The molecule has 0 aliphatic carbocycles. The Balaban J connectivity index is 1.52. The minimum absolute atomic E-state index is 0.0545. The second kappa shape index (κ2) is 11.1. The van der Waals surface area contributed by atoms with Gasteiger partial charge in [0.05, 0.1) is 6.04 Å². The molecule has 0 aromatic heterocycles. The molecule has 0 saturated carbocycles. The number of hydrogen-bond acceptors (Lipinski definition) is 4. The van der Waals surface area contributed by atoms with E-state index >= 15 is 0 Å². The Morgan fingerprint density at radius 2 is 1.69 bits per heavy atom. The van der Waals surface area contributed by atoms with Crippen LogP contribution in [0.15, 0.2) is 60.7 Å². The Hall–Kier alpha value is -2.57. The first-order valence-electron chi connectivity index (χ1n) is 8.81. The molecule has 6 nitrogen and oxygen atoms in total. The number of para-hydroxylation sites is 1. The normalized spacial score (nSPS) is 12.8. The molecule has 0 spiro atoms. The van der Waals surface area contributed by atoms with Crippen molar-refractivity contribution in [3.63, 3.8) is 0 Å². The molecule has 0 aliphatic heterocycles. The van der Waals surface area contributed by atoms with Gasteiger partial charge in [0.1, 0.15) is 18.5 Å². The molecule has 6 heteroatoms. The van der Waals surface area contributed by atoms with Crippen LogP contribution in [-0.2, 0) is 0 Å². The van der Waals surface area contributed by atoms with Gasteiger partial charge in [-0.1, -0.05) is 48.5 Å². The second-order valence-electron chi connectivity index (χ2n) is 6.01. The zero-order valence-electron chi connectivity index (χ0n) is 15.0. The number of amides is 2. The zero-order chi connectivity index (χ0) is 18.6. The van der Waals surface area contributed by atoms with Crippen LogP contribution in [0.3, 0.4) is 0 Å². The smallest absolute Gasteiger partial charge is 0.315 e. The fourth-order valence-electron chi connectivity index (χ4n) is 2.37. The molecule has 0 aliphatic rings. The van der Waals surface area contributed by atoms with E-state index < -0.39 is 6.10 Å². The molecule has 0 bridgehead atoms. The SMILES string of the molecule is CC(NC(=O)NCCNCC(O)COc1ccccc1)c1ccccc1. The lowest BCUT2D eigenvalue weighted by molar-refractivity contribution is 0.106. The summed E-state index contributed by atoms with van der Waals surface area (Å²) in [6.45, 7) is 3.60. The molecular formula is C20H27N3O3. The van der Waals surface area contributed by atoms with E-state index in [0.717, 1.165) is 11.3 Å². The summed E-state index contributed by atoms with van der Waals surface area (Å²) in [6, 6.07) is 18.9. The van der Waals surface area contributed by atoms with Crippen LogP contribution in [0.25, 0.3) is 0 Å². The van der Waals surface area contributed by atoms with Gasteiger partial charge in [0.25, 0.3) is 0 Å². The molecule has 2 amide bonds. The van der Waals surface area contributed by atoms with E-state index in [1.807, 2.05) is 67.6 Å². The van der Waals surface area contributed by atoms with Crippen LogP contribution in [0.4, 0.5) is 4.79 Å². The van der Waals surface area contributed by atoms with Gasteiger partial charge < -0.3 is 25.8 Å². The van der Waals surface area contributed by atoms with Crippen LogP contribution in [0.5, 0.6) is 5.75 Å². The molecule has 0 saturated heterocycles. The number of benzene rings is 2. The third-order valence-corrected chi connectivity index (χ3v) is 3.80. The van der Waals surface area contributed by atoms with Crippen molar-refractivity contribution in [1.29, 1.82) is 0 Å². The maximum Gasteiger partial charge on any atom is 0.315 e. The second-order valence-corrected chi connectivity index (χ2v) is 6.01. The highest BCUT2D eigenvalue weighted by Crippen LogP contribution is 2.10. The summed E-state index contributed by atoms with van der Waals surface area (Å²) < 4.78 is 5.48. The van der Waals surface area contributed by atoms with E-state index in [0.29, 0.717) is 19.6 Å². The van der Waals surface area contributed by atoms with E-state index in [-0.39, 0.29) is 18.7 Å². The Morgan fingerprint density at radius 1 is 1.04 bits per heavy atom. The van der Waals surface area contributed by atoms with Gasteiger partial charge in [0, 0.05) is 19.6 Å². The highest BCUT2D eigenvalue weighted by Gasteiger charge is 2.08. The Kier molecular flexibility index (Phi) is 8.45. The van der Waals surface area contributed by atoms with Crippen LogP contribution in [0.2, 0.25) is 0 Å². The lowest BCUT2D eigenvalue weighted by Gasteiger charge is -2.16. The lowest BCUT2D eigenvalue weighted by atomic mass is 10.1. The predicted octanol–water partition coefficient (Wildman–Crippen LogP) is 2.08. The van der Waals surface area contributed by atoms with E-state index in [2.05, 4.69) is 16.0 Å². The zero-order valence-corrected chi connectivity index (χ0v) is 15.0. The first-order chi connectivity index (χ1) is 12.6. The summed E-state index contributed by atoms with van der Waals surface area (Å²) in [6.07, 6.45) is -0.609. The summed E-state index contributed by atoms with van der Waals surface area (Å²) in [5.41, 5.74) is 1.06. The lowest BCUT2D eigenvalue weighted by Crippen LogP contribution is -2.41. The number of nitrogens with one attached hydrogen (secondary N) is 3.